The number of halogens is 1. The molecule has 156 valence electrons. The summed E-state index contributed by atoms with van der Waals surface area (Å²) in [5, 5.41) is 12.3. The van der Waals surface area contributed by atoms with Crippen molar-refractivity contribution in [3.05, 3.63) is 48.5 Å². The summed E-state index contributed by atoms with van der Waals surface area (Å²) in [4.78, 5) is 28.1. The number of nitrogens with zero attached hydrogens (tertiary/aromatic N) is 6. The average molecular weight is 411 g/mol. The molecule has 0 bridgehead atoms. The Morgan fingerprint density at radius 2 is 1.87 bits per heavy atom. The lowest BCUT2D eigenvalue weighted by Crippen LogP contribution is -2.44. The summed E-state index contributed by atoms with van der Waals surface area (Å²) < 4.78 is 14.9. The lowest BCUT2D eigenvalue weighted by molar-refractivity contribution is -0.123. The third-order valence-corrected chi connectivity index (χ3v) is 5.30. The molecule has 2 amide bonds. The van der Waals surface area contributed by atoms with Crippen molar-refractivity contribution < 1.29 is 14.0 Å². The van der Waals surface area contributed by atoms with E-state index < -0.39 is 5.91 Å². The van der Waals surface area contributed by atoms with Gasteiger partial charge >= 0.3 is 0 Å². The van der Waals surface area contributed by atoms with E-state index in [0.29, 0.717) is 37.3 Å². The SMILES string of the molecule is NC(=O)CCN(C(=O)C1CCN(c2ccc3nncn3n2)CC1)c1ccc(F)cc1. The minimum absolute atomic E-state index is 0.0465. The van der Waals surface area contributed by atoms with Crippen LogP contribution in [0.2, 0.25) is 0 Å². The molecule has 0 aliphatic carbocycles. The fraction of sp³-hybridized carbons (Fsp3) is 0.350. The smallest absolute Gasteiger partial charge is 0.230 e. The molecule has 10 heteroatoms. The van der Waals surface area contributed by atoms with Gasteiger partial charge in [-0.05, 0) is 49.2 Å². The number of carbonyl (C=O) groups excluding carboxylic acids is 2. The highest BCUT2D eigenvalue weighted by molar-refractivity contribution is 5.95. The summed E-state index contributed by atoms with van der Waals surface area (Å²) >= 11 is 0. The summed E-state index contributed by atoms with van der Waals surface area (Å²) in [5.74, 6) is -0.341. The molecule has 30 heavy (non-hydrogen) atoms. The largest absolute Gasteiger partial charge is 0.370 e. The molecule has 2 N–H and O–H groups in total. The highest BCUT2D eigenvalue weighted by atomic mass is 19.1. The van der Waals surface area contributed by atoms with Crippen LogP contribution in [0.25, 0.3) is 5.65 Å². The maximum atomic E-state index is 13.3. The van der Waals surface area contributed by atoms with Crippen LogP contribution in [-0.4, -0.2) is 51.3 Å². The quantitative estimate of drug-likeness (QED) is 0.656. The number of piperidine rings is 1. The number of benzene rings is 1. The molecule has 1 aliphatic heterocycles. The second kappa shape index (κ2) is 8.44. The van der Waals surface area contributed by atoms with Crippen LogP contribution in [0.15, 0.2) is 42.7 Å². The number of hydrogen-bond acceptors (Lipinski definition) is 6. The summed E-state index contributed by atoms with van der Waals surface area (Å²) in [6.07, 6.45) is 2.89. The van der Waals surface area contributed by atoms with Crippen molar-refractivity contribution in [2.75, 3.05) is 29.4 Å². The van der Waals surface area contributed by atoms with E-state index in [9.17, 15) is 14.0 Å². The Morgan fingerprint density at radius 1 is 1.13 bits per heavy atom. The van der Waals surface area contributed by atoms with E-state index in [1.807, 2.05) is 12.1 Å². The Labute approximate surface area is 172 Å². The van der Waals surface area contributed by atoms with Crippen LogP contribution in [0, 0.1) is 11.7 Å². The highest BCUT2D eigenvalue weighted by Gasteiger charge is 2.30. The predicted octanol–water partition coefficient (Wildman–Crippen LogP) is 1.39. The number of amides is 2. The summed E-state index contributed by atoms with van der Waals surface area (Å²) in [6.45, 7) is 1.51. The molecule has 0 atom stereocenters. The second-order valence-electron chi connectivity index (χ2n) is 7.27. The van der Waals surface area contributed by atoms with Gasteiger partial charge in [-0.15, -0.1) is 15.3 Å². The average Bonchev–Trinajstić information content (AvgIpc) is 3.23. The molecule has 3 aromatic rings. The monoisotopic (exact) mass is 411 g/mol. The van der Waals surface area contributed by atoms with Gasteiger partial charge < -0.3 is 15.5 Å². The van der Waals surface area contributed by atoms with Gasteiger partial charge in [-0.1, -0.05) is 0 Å². The minimum atomic E-state index is -0.486. The number of fused-ring (bicyclic) bond motifs is 1. The summed E-state index contributed by atoms with van der Waals surface area (Å²) in [5.41, 5.74) is 6.51. The third kappa shape index (κ3) is 4.22. The van der Waals surface area contributed by atoms with Crippen molar-refractivity contribution in [2.24, 2.45) is 11.7 Å². The Hall–Kier alpha value is -3.56. The van der Waals surface area contributed by atoms with E-state index in [1.54, 1.807) is 23.0 Å². The van der Waals surface area contributed by atoms with Crippen molar-refractivity contribution in [1.29, 1.82) is 0 Å². The number of carbonyl (C=O) groups is 2. The third-order valence-electron chi connectivity index (χ3n) is 5.30. The lowest BCUT2D eigenvalue weighted by Gasteiger charge is -2.34. The van der Waals surface area contributed by atoms with E-state index in [4.69, 9.17) is 5.73 Å². The number of nitrogens with two attached hydrogens (primary N) is 1. The van der Waals surface area contributed by atoms with Crippen molar-refractivity contribution >= 4 is 29.0 Å². The molecule has 0 radical (unpaired) electrons. The van der Waals surface area contributed by atoms with Crippen molar-refractivity contribution in [2.45, 2.75) is 19.3 Å². The molecular weight excluding hydrogens is 389 g/mol. The van der Waals surface area contributed by atoms with Crippen LogP contribution < -0.4 is 15.5 Å². The van der Waals surface area contributed by atoms with Gasteiger partial charge in [-0.2, -0.15) is 4.52 Å². The number of aromatic nitrogens is 4. The van der Waals surface area contributed by atoms with Gasteiger partial charge in [0.05, 0.1) is 0 Å². The maximum absolute atomic E-state index is 13.3. The molecule has 1 aliphatic rings. The van der Waals surface area contributed by atoms with Gasteiger partial charge in [-0.25, -0.2) is 4.39 Å². The van der Waals surface area contributed by atoms with E-state index in [0.717, 1.165) is 5.82 Å². The number of primary amides is 1. The fourth-order valence-corrected chi connectivity index (χ4v) is 3.67. The first-order valence-electron chi connectivity index (χ1n) is 9.78. The Morgan fingerprint density at radius 3 is 2.57 bits per heavy atom. The van der Waals surface area contributed by atoms with E-state index >= 15 is 0 Å². The molecule has 1 saturated heterocycles. The van der Waals surface area contributed by atoms with Gasteiger partial charge in [0, 0.05) is 37.7 Å². The lowest BCUT2D eigenvalue weighted by atomic mass is 9.94. The Kier molecular flexibility index (Phi) is 5.55. The first kappa shape index (κ1) is 19.7. The second-order valence-corrected chi connectivity index (χ2v) is 7.27. The topological polar surface area (TPSA) is 110 Å². The standard InChI is InChI=1S/C20H22FN7O2/c21-15-1-3-16(4-2-15)27(12-9-17(22)29)20(30)14-7-10-26(11-8-14)19-6-5-18-24-23-13-28(18)25-19/h1-6,13-14H,7-12H2,(H2,22,29). The van der Waals surface area contributed by atoms with Gasteiger partial charge in [0.2, 0.25) is 11.8 Å². The fourth-order valence-electron chi connectivity index (χ4n) is 3.67. The van der Waals surface area contributed by atoms with Crippen molar-refractivity contribution in [3.63, 3.8) is 0 Å². The molecule has 0 unspecified atom stereocenters. The number of anilines is 2. The minimum Gasteiger partial charge on any atom is -0.370 e. The number of hydrogen-bond donors (Lipinski definition) is 1. The van der Waals surface area contributed by atoms with Crippen LogP contribution in [0.4, 0.5) is 15.9 Å². The van der Waals surface area contributed by atoms with E-state index in [-0.39, 0.29) is 30.6 Å². The summed E-state index contributed by atoms with van der Waals surface area (Å²) in [7, 11) is 0. The van der Waals surface area contributed by atoms with Gasteiger partial charge in [0.15, 0.2) is 5.65 Å². The molecular formula is C20H22FN7O2. The van der Waals surface area contributed by atoms with Crippen LogP contribution in [0.3, 0.4) is 0 Å². The zero-order valence-electron chi connectivity index (χ0n) is 16.3. The van der Waals surface area contributed by atoms with Gasteiger partial charge in [-0.3, -0.25) is 9.59 Å². The maximum Gasteiger partial charge on any atom is 0.230 e. The molecule has 0 spiro atoms. The van der Waals surface area contributed by atoms with Gasteiger partial charge in [0.1, 0.15) is 18.0 Å². The zero-order chi connectivity index (χ0) is 21.1. The first-order valence-corrected chi connectivity index (χ1v) is 9.78. The highest BCUT2D eigenvalue weighted by Crippen LogP contribution is 2.26. The van der Waals surface area contributed by atoms with E-state index in [2.05, 4.69) is 20.2 Å². The normalized spacial score (nSPS) is 14.8. The number of rotatable bonds is 6. The van der Waals surface area contributed by atoms with Gasteiger partial charge in [0.25, 0.3) is 0 Å². The molecule has 3 heterocycles. The first-order chi connectivity index (χ1) is 14.5. The molecule has 9 nitrogen and oxygen atoms in total. The predicted molar refractivity (Wildman–Crippen MR) is 108 cm³/mol. The Balaban J connectivity index is 1.45. The van der Waals surface area contributed by atoms with Crippen LogP contribution in [0.5, 0.6) is 0 Å². The van der Waals surface area contributed by atoms with Crippen LogP contribution in [-0.2, 0) is 9.59 Å². The van der Waals surface area contributed by atoms with Crippen LogP contribution in [0.1, 0.15) is 19.3 Å². The van der Waals surface area contributed by atoms with E-state index in [1.165, 1.54) is 17.0 Å². The molecule has 2 aromatic heterocycles. The molecule has 0 saturated carbocycles. The molecule has 1 aromatic carbocycles. The molecule has 4 rings (SSSR count). The Bertz CT molecular complexity index is 1040. The zero-order valence-corrected chi connectivity index (χ0v) is 16.3. The molecule has 1 fully saturated rings. The van der Waals surface area contributed by atoms with Crippen molar-refractivity contribution in [3.8, 4) is 0 Å². The van der Waals surface area contributed by atoms with Crippen LogP contribution >= 0.6 is 0 Å². The summed E-state index contributed by atoms with van der Waals surface area (Å²) in [6, 6.07) is 9.43. The van der Waals surface area contributed by atoms with Crippen molar-refractivity contribution in [1.82, 2.24) is 19.8 Å².